The van der Waals surface area contributed by atoms with E-state index in [9.17, 15) is 4.39 Å². The summed E-state index contributed by atoms with van der Waals surface area (Å²) in [4.78, 5) is 7.84. The van der Waals surface area contributed by atoms with Crippen LogP contribution in [0.3, 0.4) is 0 Å². The van der Waals surface area contributed by atoms with Gasteiger partial charge in [0.05, 0.1) is 12.4 Å². The molecule has 2 rings (SSSR count). The molecular formula is C10H15ClFN3S. The maximum atomic E-state index is 12.5. The summed E-state index contributed by atoms with van der Waals surface area (Å²) in [5.41, 5.74) is 0. The van der Waals surface area contributed by atoms with Crippen LogP contribution in [0.4, 0.5) is 4.39 Å². The zero-order valence-corrected chi connectivity index (χ0v) is 10.5. The second-order valence-electron chi connectivity index (χ2n) is 3.71. The number of rotatable bonds is 3. The minimum absolute atomic E-state index is 0. The van der Waals surface area contributed by atoms with Gasteiger partial charge in [-0.25, -0.2) is 14.4 Å². The van der Waals surface area contributed by atoms with Crippen molar-refractivity contribution >= 4 is 24.2 Å². The smallest absolute Gasteiger partial charge is 0.187 e. The second-order valence-corrected chi connectivity index (χ2v) is 4.69. The van der Waals surface area contributed by atoms with Crippen LogP contribution < -0.4 is 5.32 Å². The van der Waals surface area contributed by atoms with Gasteiger partial charge in [0.15, 0.2) is 11.0 Å². The van der Waals surface area contributed by atoms with Crippen molar-refractivity contribution in [3.8, 4) is 0 Å². The molecule has 2 heterocycles. The van der Waals surface area contributed by atoms with Crippen LogP contribution in [-0.2, 0) is 0 Å². The molecule has 0 aliphatic carbocycles. The Kier molecular flexibility index (Phi) is 6.01. The van der Waals surface area contributed by atoms with Crippen LogP contribution in [0.25, 0.3) is 0 Å². The van der Waals surface area contributed by atoms with Crippen LogP contribution in [0.5, 0.6) is 0 Å². The zero-order valence-electron chi connectivity index (χ0n) is 8.86. The first-order valence-corrected chi connectivity index (χ1v) is 6.14. The molecule has 1 N–H and O–H groups in total. The third kappa shape index (κ3) is 4.23. The van der Waals surface area contributed by atoms with Crippen molar-refractivity contribution in [1.29, 1.82) is 0 Å². The van der Waals surface area contributed by atoms with Crippen molar-refractivity contribution in [2.24, 2.45) is 5.92 Å². The van der Waals surface area contributed by atoms with E-state index in [1.807, 2.05) is 0 Å². The standard InChI is InChI=1S/C10H14FN3S.ClH/c11-9-5-13-10(14-6-9)15-7-8-2-1-3-12-4-8;/h5-6,8,12H,1-4,7H2;1H. The fourth-order valence-electron chi connectivity index (χ4n) is 1.63. The molecule has 1 aromatic heterocycles. The molecule has 1 saturated heterocycles. The van der Waals surface area contributed by atoms with Crippen LogP contribution in [0.15, 0.2) is 17.6 Å². The van der Waals surface area contributed by atoms with Gasteiger partial charge in [-0.2, -0.15) is 0 Å². The van der Waals surface area contributed by atoms with Gasteiger partial charge in [0.1, 0.15) is 0 Å². The summed E-state index contributed by atoms with van der Waals surface area (Å²) in [6.07, 6.45) is 4.94. The molecule has 1 aliphatic rings. The van der Waals surface area contributed by atoms with Crippen LogP contribution in [0, 0.1) is 11.7 Å². The summed E-state index contributed by atoms with van der Waals surface area (Å²) in [5.74, 6) is 1.33. The highest BCUT2D eigenvalue weighted by Crippen LogP contribution is 2.20. The van der Waals surface area contributed by atoms with Crippen LogP contribution in [0.1, 0.15) is 12.8 Å². The van der Waals surface area contributed by atoms with E-state index in [0.29, 0.717) is 11.1 Å². The Morgan fingerprint density at radius 2 is 2.19 bits per heavy atom. The number of hydrogen-bond donors (Lipinski definition) is 1. The third-order valence-electron chi connectivity index (χ3n) is 2.44. The van der Waals surface area contributed by atoms with E-state index in [4.69, 9.17) is 0 Å². The Morgan fingerprint density at radius 1 is 1.44 bits per heavy atom. The molecule has 16 heavy (non-hydrogen) atoms. The van der Waals surface area contributed by atoms with Crippen molar-refractivity contribution in [2.45, 2.75) is 18.0 Å². The first-order valence-electron chi connectivity index (χ1n) is 5.15. The first kappa shape index (κ1) is 13.7. The quantitative estimate of drug-likeness (QED) is 0.670. The minimum Gasteiger partial charge on any atom is -0.316 e. The Bertz CT molecular complexity index is 303. The average molecular weight is 264 g/mol. The summed E-state index contributed by atoms with van der Waals surface area (Å²) in [5, 5.41) is 4.03. The molecule has 1 atom stereocenters. The predicted octanol–water partition coefficient (Wildman–Crippen LogP) is 2.13. The van der Waals surface area contributed by atoms with Crippen molar-refractivity contribution < 1.29 is 4.39 Å². The summed E-state index contributed by atoms with van der Waals surface area (Å²) in [6.45, 7) is 2.21. The maximum Gasteiger partial charge on any atom is 0.187 e. The molecule has 90 valence electrons. The van der Waals surface area contributed by atoms with E-state index in [2.05, 4.69) is 15.3 Å². The van der Waals surface area contributed by atoms with Gasteiger partial charge in [0.2, 0.25) is 0 Å². The molecule has 1 unspecified atom stereocenters. The number of aromatic nitrogens is 2. The summed E-state index contributed by atoms with van der Waals surface area (Å²) in [6, 6.07) is 0. The van der Waals surface area contributed by atoms with Gasteiger partial charge >= 0.3 is 0 Å². The first-order chi connectivity index (χ1) is 7.34. The molecule has 0 spiro atoms. The molecule has 1 aromatic rings. The highest BCUT2D eigenvalue weighted by Gasteiger charge is 2.13. The topological polar surface area (TPSA) is 37.8 Å². The lowest BCUT2D eigenvalue weighted by Gasteiger charge is -2.21. The average Bonchev–Trinajstić information content (AvgIpc) is 2.30. The normalized spacial score (nSPS) is 20.2. The summed E-state index contributed by atoms with van der Waals surface area (Å²) >= 11 is 1.61. The number of hydrogen-bond acceptors (Lipinski definition) is 4. The molecule has 0 radical (unpaired) electrons. The van der Waals surface area contributed by atoms with E-state index in [-0.39, 0.29) is 18.2 Å². The summed E-state index contributed by atoms with van der Waals surface area (Å²) < 4.78 is 12.5. The van der Waals surface area contributed by atoms with Gasteiger partial charge < -0.3 is 5.32 Å². The van der Waals surface area contributed by atoms with Crippen molar-refractivity contribution in [3.63, 3.8) is 0 Å². The number of nitrogens with zero attached hydrogens (tertiary/aromatic N) is 2. The van der Waals surface area contributed by atoms with Gasteiger partial charge in [0, 0.05) is 5.75 Å². The third-order valence-corrected chi connectivity index (χ3v) is 3.55. The van der Waals surface area contributed by atoms with E-state index in [1.165, 1.54) is 25.2 Å². The van der Waals surface area contributed by atoms with Crippen LogP contribution in [0.2, 0.25) is 0 Å². The van der Waals surface area contributed by atoms with Gasteiger partial charge in [-0.3, -0.25) is 0 Å². The molecule has 1 aliphatic heterocycles. The number of halogens is 2. The molecule has 0 saturated carbocycles. The van der Waals surface area contributed by atoms with Crippen molar-refractivity contribution in [3.05, 3.63) is 18.2 Å². The Morgan fingerprint density at radius 3 is 2.81 bits per heavy atom. The monoisotopic (exact) mass is 263 g/mol. The van der Waals surface area contributed by atoms with Crippen LogP contribution >= 0.6 is 24.2 Å². The van der Waals surface area contributed by atoms with Gasteiger partial charge in [-0.15, -0.1) is 12.4 Å². The lowest BCUT2D eigenvalue weighted by Crippen LogP contribution is -2.30. The molecule has 1 fully saturated rings. The molecule has 0 amide bonds. The SMILES string of the molecule is Cl.Fc1cnc(SCC2CCCNC2)nc1. The van der Waals surface area contributed by atoms with E-state index in [1.54, 1.807) is 11.8 Å². The number of nitrogens with one attached hydrogen (secondary N) is 1. The fraction of sp³-hybridized carbons (Fsp3) is 0.600. The van der Waals surface area contributed by atoms with Gasteiger partial charge in [0.25, 0.3) is 0 Å². The highest BCUT2D eigenvalue weighted by atomic mass is 35.5. The Hall–Kier alpha value is -0.390. The van der Waals surface area contributed by atoms with Gasteiger partial charge in [-0.05, 0) is 31.8 Å². The lowest BCUT2D eigenvalue weighted by molar-refractivity contribution is 0.410. The van der Waals surface area contributed by atoms with Crippen LogP contribution in [-0.4, -0.2) is 28.8 Å². The fourth-order valence-corrected chi connectivity index (χ4v) is 2.56. The minimum atomic E-state index is -0.376. The number of piperidine rings is 1. The molecule has 6 heteroatoms. The highest BCUT2D eigenvalue weighted by molar-refractivity contribution is 7.99. The lowest BCUT2D eigenvalue weighted by atomic mass is 10.0. The molecule has 0 bridgehead atoms. The van der Waals surface area contributed by atoms with Crippen molar-refractivity contribution in [2.75, 3.05) is 18.8 Å². The van der Waals surface area contributed by atoms with Gasteiger partial charge in [-0.1, -0.05) is 11.8 Å². The molecular weight excluding hydrogens is 249 g/mol. The van der Waals surface area contributed by atoms with E-state index in [0.717, 1.165) is 18.8 Å². The Balaban J connectivity index is 0.00000128. The molecule has 0 aromatic carbocycles. The number of thioether (sulfide) groups is 1. The second kappa shape index (κ2) is 7.04. The predicted molar refractivity (Wildman–Crippen MR) is 65.6 cm³/mol. The molecule has 3 nitrogen and oxygen atoms in total. The van der Waals surface area contributed by atoms with Crippen molar-refractivity contribution in [1.82, 2.24) is 15.3 Å². The Labute approximate surface area is 105 Å². The largest absolute Gasteiger partial charge is 0.316 e. The van der Waals surface area contributed by atoms with E-state index < -0.39 is 0 Å². The van der Waals surface area contributed by atoms with E-state index >= 15 is 0 Å². The summed E-state index contributed by atoms with van der Waals surface area (Å²) in [7, 11) is 0. The maximum absolute atomic E-state index is 12.5. The zero-order chi connectivity index (χ0) is 10.5.